The van der Waals surface area contributed by atoms with E-state index in [1.807, 2.05) is 6.07 Å². The molecule has 0 aliphatic carbocycles. The average molecular weight is 496 g/mol. The zero-order valence-corrected chi connectivity index (χ0v) is 19.6. The summed E-state index contributed by atoms with van der Waals surface area (Å²) in [6, 6.07) is 18.0. The normalized spacial score (nSPS) is 17.1. The van der Waals surface area contributed by atoms with Crippen molar-refractivity contribution in [2.24, 2.45) is 0 Å². The number of amides is 3. The number of hydrogen-bond acceptors (Lipinski definition) is 4. The van der Waals surface area contributed by atoms with Gasteiger partial charge in [-0.2, -0.15) is 0 Å². The summed E-state index contributed by atoms with van der Waals surface area (Å²) in [4.78, 5) is 39.8. The molecule has 1 heterocycles. The molecule has 4 rings (SSSR count). The summed E-state index contributed by atoms with van der Waals surface area (Å²) >= 11 is 6.08. The highest BCUT2D eigenvalue weighted by molar-refractivity contribution is 6.30. The van der Waals surface area contributed by atoms with Gasteiger partial charge in [-0.15, -0.1) is 0 Å². The first-order valence-electron chi connectivity index (χ1n) is 11.0. The smallest absolute Gasteiger partial charge is 0.411 e. The molecule has 0 radical (unpaired) electrons. The number of nitrogens with one attached hydrogen (secondary N) is 2. The SMILES string of the molecule is CCNC(=O)C1C(c2cccc(NC(=O)c3ccc(F)cc3)c2)OC(=O)N1Cc1cccc(Cl)c1. The number of ether oxygens (including phenoxy) is 1. The van der Waals surface area contributed by atoms with Gasteiger partial charge in [0.2, 0.25) is 5.91 Å². The third-order valence-electron chi connectivity index (χ3n) is 5.53. The molecule has 9 heteroatoms. The van der Waals surface area contributed by atoms with E-state index in [4.69, 9.17) is 16.3 Å². The molecule has 0 bridgehead atoms. The molecule has 2 atom stereocenters. The van der Waals surface area contributed by atoms with E-state index >= 15 is 0 Å². The Morgan fingerprint density at radius 3 is 2.51 bits per heavy atom. The van der Waals surface area contributed by atoms with Crippen LogP contribution < -0.4 is 10.6 Å². The number of nitrogens with zero attached hydrogens (tertiary/aromatic N) is 1. The molecule has 1 aliphatic heterocycles. The minimum Gasteiger partial charge on any atom is -0.438 e. The number of likely N-dealkylation sites (N-methyl/N-ethyl adjacent to an activating group) is 1. The third-order valence-corrected chi connectivity index (χ3v) is 5.76. The van der Waals surface area contributed by atoms with E-state index in [1.54, 1.807) is 49.4 Å². The minimum atomic E-state index is -0.926. The molecular formula is C26H23ClFN3O4. The molecule has 35 heavy (non-hydrogen) atoms. The monoisotopic (exact) mass is 495 g/mol. The maximum Gasteiger partial charge on any atom is 0.411 e. The molecule has 0 spiro atoms. The van der Waals surface area contributed by atoms with Crippen LogP contribution in [0, 0.1) is 5.82 Å². The number of carbonyl (C=O) groups is 3. The second-order valence-corrected chi connectivity index (χ2v) is 8.42. The van der Waals surface area contributed by atoms with Crippen molar-refractivity contribution in [1.82, 2.24) is 10.2 Å². The molecule has 1 fully saturated rings. The van der Waals surface area contributed by atoms with Crippen LogP contribution in [0.2, 0.25) is 5.02 Å². The van der Waals surface area contributed by atoms with Gasteiger partial charge < -0.3 is 15.4 Å². The van der Waals surface area contributed by atoms with Crippen molar-refractivity contribution in [2.45, 2.75) is 25.6 Å². The number of benzene rings is 3. The molecule has 2 N–H and O–H groups in total. The van der Waals surface area contributed by atoms with Gasteiger partial charge in [-0.05, 0) is 66.6 Å². The predicted molar refractivity (Wildman–Crippen MR) is 129 cm³/mol. The Hall–Kier alpha value is -3.91. The number of carbonyl (C=O) groups excluding carboxylic acids is 3. The van der Waals surface area contributed by atoms with E-state index in [-0.39, 0.29) is 18.0 Å². The van der Waals surface area contributed by atoms with E-state index in [0.29, 0.717) is 22.8 Å². The molecular weight excluding hydrogens is 473 g/mol. The fraction of sp³-hybridized carbons (Fsp3) is 0.192. The predicted octanol–water partition coefficient (Wildman–Crippen LogP) is 4.93. The maximum absolute atomic E-state index is 13.2. The Bertz CT molecular complexity index is 1250. The highest BCUT2D eigenvalue weighted by atomic mass is 35.5. The summed E-state index contributed by atoms with van der Waals surface area (Å²) in [5, 5.41) is 6.04. The fourth-order valence-corrected chi connectivity index (χ4v) is 4.13. The van der Waals surface area contributed by atoms with Gasteiger partial charge in [0.1, 0.15) is 5.82 Å². The van der Waals surface area contributed by atoms with Crippen molar-refractivity contribution in [2.75, 3.05) is 11.9 Å². The van der Waals surface area contributed by atoms with Crippen LogP contribution in [-0.4, -0.2) is 35.4 Å². The lowest BCUT2D eigenvalue weighted by molar-refractivity contribution is -0.126. The van der Waals surface area contributed by atoms with Crippen LogP contribution in [0.1, 0.15) is 34.5 Å². The molecule has 1 aliphatic rings. The van der Waals surface area contributed by atoms with E-state index in [0.717, 1.165) is 5.56 Å². The Labute approximate surface area is 206 Å². The first-order valence-corrected chi connectivity index (χ1v) is 11.4. The first kappa shape index (κ1) is 24.2. The highest BCUT2D eigenvalue weighted by Crippen LogP contribution is 2.35. The molecule has 1 saturated heterocycles. The number of anilines is 1. The fourth-order valence-electron chi connectivity index (χ4n) is 3.92. The van der Waals surface area contributed by atoms with Crippen LogP contribution in [0.15, 0.2) is 72.8 Å². The largest absolute Gasteiger partial charge is 0.438 e. The van der Waals surface area contributed by atoms with E-state index in [1.165, 1.54) is 29.2 Å². The topological polar surface area (TPSA) is 87.7 Å². The number of cyclic esters (lactones) is 1. The molecule has 0 saturated carbocycles. The Balaban J connectivity index is 1.59. The van der Waals surface area contributed by atoms with Gasteiger partial charge in [-0.1, -0.05) is 35.9 Å². The Morgan fingerprint density at radius 2 is 1.80 bits per heavy atom. The van der Waals surface area contributed by atoms with E-state index in [2.05, 4.69) is 10.6 Å². The second-order valence-electron chi connectivity index (χ2n) is 7.99. The summed E-state index contributed by atoms with van der Waals surface area (Å²) in [7, 11) is 0. The lowest BCUT2D eigenvalue weighted by Crippen LogP contribution is -2.46. The van der Waals surface area contributed by atoms with E-state index in [9.17, 15) is 18.8 Å². The third kappa shape index (κ3) is 5.60. The van der Waals surface area contributed by atoms with Crippen LogP contribution in [0.4, 0.5) is 14.9 Å². The van der Waals surface area contributed by atoms with Crippen LogP contribution in [0.5, 0.6) is 0 Å². The van der Waals surface area contributed by atoms with Gasteiger partial charge in [0.15, 0.2) is 12.1 Å². The van der Waals surface area contributed by atoms with Crippen molar-refractivity contribution in [3.05, 3.63) is 100 Å². The average Bonchev–Trinajstić information content (AvgIpc) is 3.16. The summed E-state index contributed by atoms with van der Waals surface area (Å²) < 4.78 is 18.8. The van der Waals surface area contributed by atoms with Gasteiger partial charge in [-0.25, -0.2) is 9.18 Å². The van der Waals surface area contributed by atoms with Crippen molar-refractivity contribution >= 4 is 35.2 Å². The van der Waals surface area contributed by atoms with Gasteiger partial charge in [-0.3, -0.25) is 14.5 Å². The summed E-state index contributed by atoms with van der Waals surface area (Å²) in [6.45, 7) is 2.31. The zero-order valence-electron chi connectivity index (χ0n) is 18.8. The van der Waals surface area contributed by atoms with Crippen LogP contribution in [0.3, 0.4) is 0 Å². The van der Waals surface area contributed by atoms with Crippen molar-refractivity contribution in [3.8, 4) is 0 Å². The molecule has 0 aromatic heterocycles. The van der Waals surface area contributed by atoms with Crippen LogP contribution in [0.25, 0.3) is 0 Å². The number of rotatable bonds is 7. The summed E-state index contributed by atoms with van der Waals surface area (Å²) in [6.07, 6.45) is -1.53. The van der Waals surface area contributed by atoms with Crippen LogP contribution in [-0.2, 0) is 16.1 Å². The lowest BCUT2D eigenvalue weighted by atomic mass is 10.00. The van der Waals surface area contributed by atoms with Gasteiger partial charge in [0, 0.05) is 22.8 Å². The standard InChI is InChI=1S/C26H23ClFN3O4/c1-2-29-25(33)22-23(35-26(34)31(22)15-16-5-3-7-19(27)13-16)18-6-4-8-21(14-18)30-24(32)17-9-11-20(28)12-10-17/h3-14,22-23H,2,15H2,1H3,(H,29,33)(H,30,32). The van der Waals surface area contributed by atoms with E-state index < -0.39 is 30.0 Å². The second kappa shape index (κ2) is 10.6. The van der Waals surface area contributed by atoms with Crippen molar-refractivity contribution in [1.29, 1.82) is 0 Å². The number of hydrogen-bond donors (Lipinski definition) is 2. The quantitative estimate of drug-likeness (QED) is 0.486. The Morgan fingerprint density at radius 1 is 1.06 bits per heavy atom. The first-order chi connectivity index (χ1) is 16.9. The maximum atomic E-state index is 13.2. The molecule has 3 aromatic rings. The minimum absolute atomic E-state index is 0.138. The Kier molecular flexibility index (Phi) is 7.31. The summed E-state index contributed by atoms with van der Waals surface area (Å²) in [5.74, 6) is -1.22. The van der Waals surface area contributed by atoms with Crippen LogP contribution >= 0.6 is 11.6 Å². The van der Waals surface area contributed by atoms with Crippen molar-refractivity contribution in [3.63, 3.8) is 0 Å². The molecule has 2 unspecified atom stereocenters. The number of halogens is 2. The zero-order chi connectivity index (χ0) is 24.9. The lowest BCUT2D eigenvalue weighted by Gasteiger charge is -2.24. The van der Waals surface area contributed by atoms with Crippen molar-refractivity contribution < 1.29 is 23.5 Å². The van der Waals surface area contributed by atoms with Gasteiger partial charge in [0.05, 0.1) is 6.54 Å². The molecule has 7 nitrogen and oxygen atoms in total. The highest BCUT2D eigenvalue weighted by Gasteiger charge is 2.46. The molecule has 3 aromatic carbocycles. The van der Waals surface area contributed by atoms with Gasteiger partial charge in [0.25, 0.3) is 5.91 Å². The molecule has 3 amide bonds. The summed E-state index contributed by atoms with van der Waals surface area (Å²) in [5.41, 5.74) is 2.03. The van der Waals surface area contributed by atoms with Gasteiger partial charge >= 0.3 is 6.09 Å². The molecule has 180 valence electrons.